The van der Waals surface area contributed by atoms with Crippen molar-refractivity contribution in [3.63, 3.8) is 0 Å². The molecule has 3 aromatic rings. The highest BCUT2D eigenvalue weighted by Gasteiger charge is 2.09. The van der Waals surface area contributed by atoms with Gasteiger partial charge in [-0.05, 0) is 42.0 Å². The minimum atomic E-state index is -0.488. The lowest BCUT2D eigenvalue weighted by atomic mass is 10.2. The summed E-state index contributed by atoms with van der Waals surface area (Å²) in [5, 5.41) is 2.55. The van der Waals surface area contributed by atoms with Crippen LogP contribution in [-0.2, 0) is 16.1 Å². The normalized spacial score (nSPS) is 10.3. The number of esters is 1. The van der Waals surface area contributed by atoms with Crippen LogP contribution in [-0.4, -0.2) is 28.0 Å². The summed E-state index contributed by atoms with van der Waals surface area (Å²) in [4.78, 5) is 26.8. The van der Waals surface area contributed by atoms with Gasteiger partial charge in [-0.3, -0.25) is 14.2 Å². The first-order valence-corrected chi connectivity index (χ1v) is 8.38. The lowest BCUT2D eigenvalue weighted by Crippen LogP contribution is -2.30. The molecule has 0 atom stereocenters. The number of carbonyl (C=O) groups is 2. The van der Waals surface area contributed by atoms with Crippen molar-refractivity contribution < 1.29 is 14.3 Å². The van der Waals surface area contributed by atoms with Crippen molar-refractivity contribution in [2.75, 3.05) is 6.54 Å². The molecule has 132 valence electrons. The second-order valence-corrected chi connectivity index (χ2v) is 5.90. The molecule has 0 aliphatic rings. The Kier molecular flexibility index (Phi) is 5.60. The van der Waals surface area contributed by atoms with Crippen molar-refractivity contribution in [2.45, 2.75) is 6.61 Å². The Morgan fingerprint density at radius 1 is 1.08 bits per heavy atom. The first-order valence-electron chi connectivity index (χ1n) is 7.98. The van der Waals surface area contributed by atoms with Crippen LogP contribution in [0.4, 0.5) is 0 Å². The van der Waals surface area contributed by atoms with Crippen molar-refractivity contribution >= 4 is 24.1 Å². The summed E-state index contributed by atoms with van der Waals surface area (Å²) in [7, 11) is 0. The van der Waals surface area contributed by atoms with E-state index in [1.54, 1.807) is 41.2 Å². The first-order chi connectivity index (χ1) is 12.6. The molecule has 0 saturated heterocycles. The number of carbonyl (C=O) groups excluding carboxylic acids is 2. The second kappa shape index (κ2) is 8.26. The van der Waals surface area contributed by atoms with E-state index in [0.29, 0.717) is 10.3 Å². The predicted octanol–water partition coefficient (Wildman–Crippen LogP) is 3.01. The molecule has 1 heterocycles. The van der Waals surface area contributed by atoms with Gasteiger partial charge in [0, 0.05) is 23.6 Å². The van der Waals surface area contributed by atoms with Crippen molar-refractivity contribution in [1.29, 1.82) is 0 Å². The van der Waals surface area contributed by atoms with E-state index in [-0.39, 0.29) is 19.1 Å². The highest BCUT2D eigenvalue weighted by atomic mass is 32.1. The molecule has 0 spiro atoms. The van der Waals surface area contributed by atoms with Gasteiger partial charge >= 0.3 is 5.97 Å². The van der Waals surface area contributed by atoms with Crippen molar-refractivity contribution in [3.05, 3.63) is 82.9 Å². The predicted molar refractivity (Wildman–Crippen MR) is 99.5 cm³/mol. The number of aromatic amines is 1. The zero-order chi connectivity index (χ0) is 18.4. The van der Waals surface area contributed by atoms with E-state index in [0.717, 1.165) is 11.3 Å². The molecule has 0 bridgehead atoms. The number of amides is 1. The van der Waals surface area contributed by atoms with Crippen molar-refractivity contribution in [1.82, 2.24) is 14.9 Å². The topological polar surface area (TPSA) is 76.1 Å². The van der Waals surface area contributed by atoms with Crippen LogP contribution in [0.2, 0.25) is 0 Å². The van der Waals surface area contributed by atoms with E-state index in [2.05, 4.69) is 10.3 Å². The maximum atomic E-state index is 12.1. The average molecular weight is 367 g/mol. The molecule has 1 aromatic heterocycles. The zero-order valence-corrected chi connectivity index (χ0v) is 14.7. The average Bonchev–Trinajstić information content (AvgIpc) is 3.11. The Morgan fingerprint density at radius 2 is 1.81 bits per heavy atom. The standard InChI is InChI=1S/C19H17N3O3S/c23-17(25-13-14-4-2-1-3-5-14)12-21-18(24)15-6-8-16(9-7-15)22-11-10-20-19(22)26/h1-11H,12-13H2,(H,20,26)(H,21,24). The van der Waals surface area contributed by atoms with Crippen LogP contribution in [0, 0.1) is 4.77 Å². The highest BCUT2D eigenvalue weighted by Crippen LogP contribution is 2.10. The molecule has 6 nitrogen and oxygen atoms in total. The van der Waals surface area contributed by atoms with Crippen LogP contribution in [0.1, 0.15) is 15.9 Å². The maximum Gasteiger partial charge on any atom is 0.325 e. The van der Waals surface area contributed by atoms with Crippen molar-refractivity contribution in [3.8, 4) is 5.69 Å². The lowest BCUT2D eigenvalue weighted by Gasteiger charge is -2.08. The Hall–Kier alpha value is -3.19. The summed E-state index contributed by atoms with van der Waals surface area (Å²) in [5.74, 6) is -0.830. The fourth-order valence-electron chi connectivity index (χ4n) is 2.34. The molecule has 2 N–H and O–H groups in total. The van der Waals surface area contributed by atoms with Gasteiger partial charge < -0.3 is 15.0 Å². The molecule has 2 aromatic carbocycles. The molecule has 0 radical (unpaired) electrons. The number of nitrogens with one attached hydrogen (secondary N) is 2. The number of ether oxygens (including phenoxy) is 1. The maximum absolute atomic E-state index is 12.1. The molecular formula is C19H17N3O3S. The highest BCUT2D eigenvalue weighted by molar-refractivity contribution is 7.71. The third-order valence-electron chi connectivity index (χ3n) is 3.69. The summed E-state index contributed by atoms with van der Waals surface area (Å²) >= 11 is 5.16. The number of benzene rings is 2. The van der Waals surface area contributed by atoms with Gasteiger partial charge in [-0.25, -0.2) is 0 Å². The van der Waals surface area contributed by atoms with Crippen LogP contribution >= 0.6 is 12.2 Å². The third kappa shape index (κ3) is 4.46. The number of hydrogen-bond donors (Lipinski definition) is 2. The largest absolute Gasteiger partial charge is 0.460 e. The number of imidazole rings is 1. The van der Waals surface area contributed by atoms with Gasteiger partial charge in [-0.1, -0.05) is 30.3 Å². The molecule has 7 heteroatoms. The van der Waals surface area contributed by atoms with Crippen LogP contribution in [0.25, 0.3) is 5.69 Å². The van der Waals surface area contributed by atoms with E-state index < -0.39 is 5.97 Å². The Balaban J connectivity index is 1.51. The molecule has 0 fully saturated rings. The molecular weight excluding hydrogens is 350 g/mol. The number of H-pyrrole nitrogens is 1. The van der Waals surface area contributed by atoms with E-state index in [1.807, 2.05) is 30.3 Å². The van der Waals surface area contributed by atoms with E-state index >= 15 is 0 Å². The Morgan fingerprint density at radius 3 is 2.46 bits per heavy atom. The van der Waals surface area contributed by atoms with Gasteiger partial charge in [0.25, 0.3) is 5.91 Å². The number of aromatic nitrogens is 2. The quantitative estimate of drug-likeness (QED) is 0.519. The van der Waals surface area contributed by atoms with Gasteiger partial charge in [-0.15, -0.1) is 0 Å². The molecule has 0 aliphatic heterocycles. The molecule has 3 rings (SSSR count). The van der Waals surface area contributed by atoms with Crippen molar-refractivity contribution in [2.24, 2.45) is 0 Å². The molecule has 0 aliphatic carbocycles. The molecule has 0 saturated carbocycles. The zero-order valence-electron chi connectivity index (χ0n) is 13.8. The minimum Gasteiger partial charge on any atom is -0.460 e. The van der Waals surface area contributed by atoms with Gasteiger partial charge in [0.1, 0.15) is 13.2 Å². The number of nitrogens with zero attached hydrogens (tertiary/aromatic N) is 1. The smallest absolute Gasteiger partial charge is 0.325 e. The fourth-order valence-corrected chi connectivity index (χ4v) is 2.57. The van der Waals surface area contributed by atoms with Crippen LogP contribution in [0.5, 0.6) is 0 Å². The monoisotopic (exact) mass is 367 g/mol. The van der Waals surface area contributed by atoms with E-state index in [1.165, 1.54) is 0 Å². The fraction of sp³-hybridized carbons (Fsp3) is 0.105. The van der Waals surface area contributed by atoms with E-state index in [9.17, 15) is 9.59 Å². The van der Waals surface area contributed by atoms with Gasteiger partial charge in [0.2, 0.25) is 0 Å². The molecule has 26 heavy (non-hydrogen) atoms. The lowest BCUT2D eigenvalue weighted by molar-refractivity contribution is -0.143. The van der Waals surface area contributed by atoms with Crippen LogP contribution < -0.4 is 5.32 Å². The Labute approximate surface area is 155 Å². The summed E-state index contributed by atoms with van der Waals surface area (Å²) in [5.41, 5.74) is 2.19. The second-order valence-electron chi connectivity index (χ2n) is 5.51. The SMILES string of the molecule is O=C(CNC(=O)c1ccc(-n2cc[nH]c2=S)cc1)OCc1ccccc1. The molecule has 0 unspecified atom stereocenters. The summed E-state index contributed by atoms with van der Waals surface area (Å²) in [6, 6.07) is 16.3. The summed E-state index contributed by atoms with van der Waals surface area (Å²) < 4.78 is 7.49. The summed E-state index contributed by atoms with van der Waals surface area (Å²) in [6.45, 7) is -0.00216. The van der Waals surface area contributed by atoms with Crippen LogP contribution in [0.15, 0.2) is 67.0 Å². The summed E-state index contributed by atoms with van der Waals surface area (Å²) in [6.07, 6.45) is 3.55. The molecule has 1 amide bonds. The number of rotatable bonds is 6. The van der Waals surface area contributed by atoms with E-state index in [4.69, 9.17) is 17.0 Å². The van der Waals surface area contributed by atoms with Crippen LogP contribution in [0.3, 0.4) is 0 Å². The van der Waals surface area contributed by atoms with Gasteiger partial charge in [-0.2, -0.15) is 0 Å². The van der Waals surface area contributed by atoms with Gasteiger partial charge in [0.05, 0.1) is 0 Å². The minimum absolute atomic E-state index is 0.182. The Bertz CT molecular complexity index is 946. The third-order valence-corrected chi connectivity index (χ3v) is 4.01. The number of hydrogen-bond acceptors (Lipinski definition) is 4. The van der Waals surface area contributed by atoms with Gasteiger partial charge in [0.15, 0.2) is 4.77 Å². The first kappa shape index (κ1) is 17.6.